The van der Waals surface area contributed by atoms with Gasteiger partial charge in [-0.3, -0.25) is 4.79 Å². The molecule has 1 atom stereocenters. The van der Waals surface area contributed by atoms with E-state index in [1.807, 2.05) is 6.92 Å². The Labute approximate surface area is 118 Å². The minimum atomic E-state index is -1.03. The van der Waals surface area contributed by atoms with E-state index in [0.717, 1.165) is 0 Å². The van der Waals surface area contributed by atoms with Crippen molar-refractivity contribution in [2.75, 3.05) is 0 Å². The second-order valence-corrected chi connectivity index (χ2v) is 5.04. The highest BCUT2D eigenvalue weighted by molar-refractivity contribution is 9.10. The lowest BCUT2D eigenvalue weighted by Gasteiger charge is -2.13. The van der Waals surface area contributed by atoms with Gasteiger partial charge in [-0.1, -0.05) is 24.9 Å². The van der Waals surface area contributed by atoms with E-state index in [2.05, 4.69) is 21.2 Å². The Bertz CT molecular complexity index is 465. The molecule has 0 aromatic heterocycles. The fourth-order valence-electron chi connectivity index (χ4n) is 1.43. The lowest BCUT2D eigenvalue weighted by molar-refractivity contribution is -0.139. The lowest BCUT2D eigenvalue weighted by atomic mass is 10.1. The van der Waals surface area contributed by atoms with Gasteiger partial charge in [-0.2, -0.15) is 0 Å². The first-order valence-corrected chi connectivity index (χ1v) is 6.61. The number of amides is 1. The molecule has 98 valence electrons. The van der Waals surface area contributed by atoms with Crippen LogP contribution in [0.3, 0.4) is 0 Å². The van der Waals surface area contributed by atoms with Crippen molar-refractivity contribution in [3.05, 3.63) is 33.3 Å². The Morgan fingerprint density at radius 1 is 1.50 bits per heavy atom. The summed E-state index contributed by atoms with van der Waals surface area (Å²) in [5, 5.41) is 11.9. The Balaban J connectivity index is 2.80. The molecular formula is C12H13BrClNO3. The van der Waals surface area contributed by atoms with Crippen LogP contribution in [0.1, 0.15) is 30.1 Å². The maximum absolute atomic E-state index is 11.9. The van der Waals surface area contributed by atoms with Crippen LogP contribution in [0, 0.1) is 0 Å². The predicted octanol–water partition coefficient (Wildman–Crippen LogP) is 3.09. The Morgan fingerprint density at radius 2 is 2.17 bits per heavy atom. The first-order chi connectivity index (χ1) is 8.45. The molecule has 6 heteroatoms. The smallest absolute Gasteiger partial charge is 0.326 e. The van der Waals surface area contributed by atoms with Crippen LogP contribution in [0.4, 0.5) is 0 Å². The van der Waals surface area contributed by atoms with E-state index in [0.29, 0.717) is 27.9 Å². The van der Waals surface area contributed by atoms with Crippen molar-refractivity contribution < 1.29 is 14.7 Å². The number of carbonyl (C=O) groups is 2. The molecule has 0 saturated heterocycles. The summed E-state index contributed by atoms with van der Waals surface area (Å²) in [6, 6.07) is 3.82. The first kappa shape index (κ1) is 15.0. The molecule has 0 fully saturated rings. The van der Waals surface area contributed by atoms with Gasteiger partial charge in [0.25, 0.3) is 5.91 Å². The van der Waals surface area contributed by atoms with Crippen LogP contribution in [0.15, 0.2) is 22.7 Å². The van der Waals surface area contributed by atoms with Gasteiger partial charge in [-0.25, -0.2) is 4.79 Å². The van der Waals surface area contributed by atoms with Crippen LogP contribution in [-0.2, 0) is 4.79 Å². The van der Waals surface area contributed by atoms with Gasteiger partial charge in [0.15, 0.2) is 0 Å². The van der Waals surface area contributed by atoms with Crippen molar-refractivity contribution in [2.24, 2.45) is 0 Å². The Hall–Kier alpha value is -1.07. The van der Waals surface area contributed by atoms with Crippen LogP contribution in [0.5, 0.6) is 0 Å². The molecule has 0 heterocycles. The van der Waals surface area contributed by atoms with E-state index in [9.17, 15) is 9.59 Å². The monoisotopic (exact) mass is 333 g/mol. The third-order valence-electron chi connectivity index (χ3n) is 2.36. The molecule has 0 radical (unpaired) electrons. The van der Waals surface area contributed by atoms with Crippen LogP contribution in [0.2, 0.25) is 5.02 Å². The van der Waals surface area contributed by atoms with E-state index in [1.165, 1.54) is 0 Å². The van der Waals surface area contributed by atoms with Gasteiger partial charge in [-0.15, -0.1) is 0 Å². The van der Waals surface area contributed by atoms with Crippen molar-refractivity contribution >= 4 is 39.4 Å². The molecule has 0 aliphatic rings. The first-order valence-electron chi connectivity index (χ1n) is 5.44. The zero-order valence-corrected chi connectivity index (χ0v) is 12.1. The number of carboxylic acid groups (broad SMARTS) is 1. The number of nitrogens with one attached hydrogen (secondary N) is 1. The van der Waals surface area contributed by atoms with Gasteiger partial charge in [0.2, 0.25) is 0 Å². The number of halogens is 2. The summed E-state index contributed by atoms with van der Waals surface area (Å²) in [5.74, 6) is -1.45. The molecule has 0 spiro atoms. The molecule has 0 aliphatic carbocycles. The van der Waals surface area contributed by atoms with Crippen molar-refractivity contribution in [1.82, 2.24) is 5.32 Å². The number of aliphatic carboxylic acids is 1. The van der Waals surface area contributed by atoms with E-state index >= 15 is 0 Å². The maximum Gasteiger partial charge on any atom is 0.326 e. The predicted molar refractivity (Wildman–Crippen MR) is 73.0 cm³/mol. The number of carboxylic acids is 1. The third kappa shape index (κ3) is 3.99. The number of hydrogen-bond acceptors (Lipinski definition) is 2. The topological polar surface area (TPSA) is 66.4 Å². The van der Waals surface area contributed by atoms with Gasteiger partial charge < -0.3 is 10.4 Å². The number of hydrogen-bond donors (Lipinski definition) is 2. The molecular weight excluding hydrogens is 321 g/mol. The minimum absolute atomic E-state index is 0.369. The third-order valence-corrected chi connectivity index (χ3v) is 3.58. The molecule has 1 rings (SSSR count). The average Bonchev–Trinajstić information content (AvgIpc) is 2.31. The van der Waals surface area contributed by atoms with Gasteiger partial charge in [0.05, 0.1) is 5.02 Å². The number of carbonyl (C=O) groups excluding carboxylic acids is 1. The molecule has 4 nitrogen and oxygen atoms in total. The molecule has 18 heavy (non-hydrogen) atoms. The van der Waals surface area contributed by atoms with E-state index in [-0.39, 0.29) is 0 Å². The van der Waals surface area contributed by atoms with Crippen LogP contribution in [0.25, 0.3) is 0 Å². The van der Waals surface area contributed by atoms with Crippen LogP contribution >= 0.6 is 27.5 Å². The zero-order valence-electron chi connectivity index (χ0n) is 9.74. The Kier molecular flexibility index (Phi) is 5.62. The second-order valence-electron chi connectivity index (χ2n) is 3.78. The second kappa shape index (κ2) is 6.75. The van der Waals surface area contributed by atoms with Crippen molar-refractivity contribution in [1.29, 1.82) is 0 Å². The SMILES string of the molecule is CCC[C@H](NC(=O)c1ccc(Cl)c(Br)c1)C(=O)O. The largest absolute Gasteiger partial charge is 0.480 e. The molecule has 1 aromatic rings. The summed E-state index contributed by atoms with van der Waals surface area (Å²) < 4.78 is 0.596. The van der Waals surface area contributed by atoms with Gasteiger partial charge in [-0.05, 0) is 40.5 Å². The fraction of sp³-hybridized carbons (Fsp3) is 0.333. The summed E-state index contributed by atoms with van der Waals surface area (Å²) in [5.41, 5.74) is 0.369. The summed E-state index contributed by atoms with van der Waals surface area (Å²) in [4.78, 5) is 22.8. The number of benzene rings is 1. The quantitative estimate of drug-likeness (QED) is 0.869. The molecule has 2 N–H and O–H groups in total. The van der Waals surface area contributed by atoms with Crippen LogP contribution in [-0.4, -0.2) is 23.0 Å². The highest BCUT2D eigenvalue weighted by Crippen LogP contribution is 2.23. The molecule has 0 aliphatic heterocycles. The normalized spacial score (nSPS) is 11.9. The zero-order chi connectivity index (χ0) is 13.7. The molecule has 0 saturated carbocycles. The van der Waals surface area contributed by atoms with Gasteiger partial charge in [0, 0.05) is 10.0 Å². The summed E-state index contributed by atoms with van der Waals surface area (Å²) in [6.45, 7) is 1.86. The standard InChI is InChI=1S/C12H13BrClNO3/c1-2-3-10(12(17)18)15-11(16)7-4-5-9(14)8(13)6-7/h4-6,10H,2-3H2,1H3,(H,15,16)(H,17,18)/t10-/m0/s1. The summed E-state index contributed by atoms with van der Waals surface area (Å²) in [6.07, 6.45) is 1.08. The van der Waals surface area contributed by atoms with Gasteiger partial charge in [0.1, 0.15) is 6.04 Å². The summed E-state index contributed by atoms with van der Waals surface area (Å²) in [7, 11) is 0. The van der Waals surface area contributed by atoms with Gasteiger partial charge >= 0.3 is 5.97 Å². The highest BCUT2D eigenvalue weighted by Gasteiger charge is 2.19. The van der Waals surface area contributed by atoms with E-state index in [1.54, 1.807) is 18.2 Å². The van der Waals surface area contributed by atoms with Crippen molar-refractivity contribution in [3.63, 3.8) is 0 Å². The lowest BCUT2D eigenvalue weighted by Crippen LogP contribution is -2.40. The highest BCUT2D eigenvalue weighted by atomic mass is 79.9. The fourth-order valence-corrected chi connectivity index (χ4v) is 1.92. The minimum Gasteiger partial charge on any atom is -0.480 e. The van der Waals surface area contributed by atoms with E-state index < -0.39 is 17.9 Å². The maximum atomic E-state index is 11.9. The van der Waals surface area contributed by atoms with Crippen molar-refractivity contribution in [2.45, 2.75) is 25.8 Å². The summed E-state index contributed by atoms with van der Waals surface area (Å²) >= 11 is 9.03. The Morgan fingerprint density at radius 3 is 2.67 bits per heavy atom. The molecule has 0 unspecified atom stereocenters. The number of rotatable bonds is 5. The molecule has 1 aromatic carbocycles. The molecule has 1 amide bonds. The van der Waals surface area contributed by atoms with Crippen molar-refractivity contribution in [3.8, 4) is 0 Å². The molecule has 0 bridgehead atoms. The van der Waals surface area contributed by atoms with Crippen LogP contribution < -0.4 is 5.32 Å². The average molecular weight is 335 g/mol. The van der Waals surface area contributed by atoms with E-state index in [4.69, 9.17) is 16.7 Å².